The number of nitrogens with one attached hydrogen (secondary N) is 3. The number of anilines is 3. The first-order valence-corrected chi connectivity index (χ1v) is 12.3. The van der Waals surface area contributed by atoms with E-state index in [0.717, 1.165) is 6.42 Å². The molecule has 0 atom stereocenters. The van der Waals surface area contributed by atoms with E-state index in [9.17, 15) is 0 Å². The minimum absolute atomic E-state index is 0.267. The summed E-state index contributed by atoms with van der Waals surface area (Å²) in [7, 11) is 0. The van der Waals surface area contributed by atoms with Gasteiger partial charge in [0.1, 0.15) is 0 Å². The quantitative estimate of drug-likeness (QED) is 0.157. The molecule has 0 radical (unpaired) electrons. The molecule has 0 bridgehead atoms. The molecule has 0 aliphatic rings. The molecule has 0 saturated heterocycles. The summed E-state index contributed by atoms with van der Waals surface area (Å²) in [6.07, 6.45) is 2.65. The van der Waals surface area contributed by atoms with Crippen LogP contribution in [0.4, 0.5) is 17.8 Å². The predicted octanol–water partition coefficient (Wildman–Crippen LogP) is 3.51. The van der Waals surface area contributed by atoms with Crippen molar-refractivity contribution < 1.29 is 9.47 Å². The normalized spacial score (nSPS) is 10.8. The molecule has 36 heavy (non-hydrogen) atoms. The molecule has 0 aliphatic carbocycles. The van der Waals surface area contributed by atoms with Crippen LogP contribution >= 0.6 is 0 Å². The number of benzene rings is 2. The Balaban J connectivity index is 1.57. The molecule has 192 valence electrons. The maximum atomic E-state index is 5.56. The molecule has 3 aromatic rings. The van der Waals surface area contributed by atoms with Crippen LogP contribution in [0.3, 0.4) is 0 Å². The van der Waals surface area contributed by atoms with Crippen LogP contribution in [0, 0.1) is 0 Å². The molecular formula is C27H37N7O2. The lowest BCUT2D eigenvalue weighted by Gasteiger charge is -2.18. The van der Waals surface area contributed by atoms with E-state index in [4.69, 9.17) is 15.2 Å². The predicted molar refractivity (Wildman–Crippen MR) is 146 cm³/mol. The lowest BCUT2D eigenvalue weighted by atomic mass is 9.88. The van der Waals surface area contributed by atoms with Gasteiger partial charge in [0.2, 0.25) is 17.8 Å². The van der Waals surface area contributed by atoms with E-state index in [1.807, 2.05) is 12.1 Å². The highest BCUT2D eigenvalue weighted by Gasteiger charge is 2.14. The summed E-state index contributed by atoms with van der Waals surface area (Å²) < 4.78 is 10.9. The van der Waals surface area contributed by atoms with Crippen LogP contribution in [-0.2, 0) is 9.47 Å². The molecule has 0 amide bonds. The summed E-state index contributed by atoms with van der Waals surface area (Å²) >= 11 is 0. The van der Waals surface area contributed by atoms with Crippen LogP contribution in [0.15, 0.2) is 73.3 Å². The van der Waals surface area contributed by atoms with Crippen molar-refractivity contribution in [2.45, 2.75) is 12.3 Å². The molecule has 1 aromatic heterocycles. The molecule has 9 nitrogen and oxygen atoms in total. The first-order chi connectivity index (χ1) is 17.8. The van der Waals surface area contributed by atoms with Crippen molar-refractivity contribution in [2.75, 3.05) is 68.6 Å². The van der Waals surface area contributed by atoms with Gasteiger partial charge in [-0.2, -0.15) is 15.0 Å². The molecule has 0 aliphatic heterocycles. The van der Waals surface area contributed by atoms with Crippen LogP contribution in [0.2, 0.25) is 0 Å². The second kappa shape index (κ2) is 16.2. The highest BCUT2D eigenvalue weighted by atomic mass is 16.5. The average molecular weight is 492 g/mol. The van der Waals surface area contributed by atoms with Crippen molar-refractivity contribution in [1.82, 2.24) is 15.0 Å². The number of aromatic nitrogens is 3. The standard InChI is InChI=1S/C27H37N7O2/c1-2-15-29-25-32-26(34-27(33-25)31-17-19-36-21-20-35-18-14-28)30-16-13-24(22-9-5-3-6-10-22)23-11-7-4-8-12-23/h2-12,24H,1,13-21,28H2,(H3,29,30,31,32,33,34). The Hall–Kier alpha value is -3.53. The zero-order chi connectivity index (χ0) is 25.3. The Bertz CT molecular complexity index is 966. The Kier molecular flexibility index (Phi) is 12.2. The van der Waals surface area contributed by atoms with Gasteiger partial charge in [-0.1, -0.05) is 66.7 Å². The third-order valence-corrected chi connectivity index (χ3v) is 5.32. The number of nitrogens with two attached hydrogens (primary N) is 1. The smallest absolute Gasteiger partial charge is 0.229 e. The van der Waals surface area contributed by atoms with Crippen LogP contribution in [0.1, 0.15) is 23.5 Å². The van der Waals surface area contributed by atoms with Crippen molar-refractivity contribution in [1.29, 1.82) is 0 Å². The summed E-state index contributed by atoms with van der Waals surface area (Å²) in [6, 6.07) is 21.1. The zero-order valence-electron chi connectivity index (χ0n) is 20.7. The molecule has 1 heterocycles. The lowest BCUT2D eigenvalue weighted by molar-refractivity contribution is 0.0547. The Morgan fingerprint density at radius 3 is 1.81 bits per heavy atom. The van der Waals surface area contributed by atoms with Crippen molar-refractivity contribution >= 4 is 17.8 Å². The molecule has 9 heteroatoms. The van der Waals surface area contributed by atoms with E-state index in [0.29, 0.717) is 70.5 Å². The van der Waals surface area contributed by atoms with Crippen LogP contribution in [0.5, 0.6) is 0 Å². The van der Waals surface area contributed by atoms with E-state index in [2.05, 4.69) is 86.0 Å². The van der Waals surface area contributed by atoms with Crippen molar-refractivity contribution in [2.24, 2.45) is 5.73 Å². The summed E-state index contributed by atoms with van der Waals surface area (Å²) in [5.74, 6) is 1.73. The molecule has 3 rings (SSSR count). The largest absolute Gasteiger partial charge is 0.378 e. The zero-order valence-corrected chi connectivity index (χ0v) is 20.7. The number of nitrogens with zero attached hydrogens (tertiary/aromatic N) is 3. The second-order valence-electron chi connectivity index (χ2n) is 8.01. The first-order valence-electron chi connectivity index (χ1n) is 12.3. The summed E-state index contributed by atoms with van der Waals surface area (Å²) in [5, 5.41) is 9.72. The summed E-state index contributed by atoms with van der Waals surface area (Å²) in [6.45, 7) is 8.16. The van der Waals surface area contributed by atoms with Gasteiger partial charge >= 0.3 is 0 Å². The Morgan fingerprint density at radius 2 is 1.25 bits per heavy atom. The van der Waals surface area contributed by atoms with E-state index in [-0.39, 0.29) is 5.92 Å². The average Bonchev–Trinajstić information content (AvgIpc) is 2.92. The van der Waals surface area contributed by atoms with Crippen molar-refractivity contribution in [3.63, 3.8) is 0 Å². The van der Waals surface area contributed by atoms with Gasteiger partial charge in [0.25, 0.3) is 0 Å². The first kappa shape index (κ1) is 27.1. The van der Waals surface area contributed by atoms with Gasteiger partial charge in [0, 0.05) is 32.1 Å². The number of ether oxygens (including phenoxy) is 2. The topological polar surface area (TPSA) is 119 Å². The third-order valence-electron chi connectivity index (χ3n) is 5.32. The van der Waals surface area contributed by atoms with Gasteiger partial charge in [-0.25, -0.2) is 0 Å². The molecule has 0 fully saturated rings. The molecule has 0 saturated carbocycles. The molecule has 0 spiro atoms. The van der Waals surface area contributed by atoms with Crippen LogP contribution in [-0.4, -0.2) is 67.6 Å². The maximum Gasteiger partial charge on any atom is 0.229 e. The van der Waals surface area contributed by atoms with E-state index in [1.165, 1.54) is 11.1 Å². The molecule has 0 unspecified atom stereocenters. The third kappa shape index (κ3) is 9.61. The van der Waals surface area contributed by atoms with Gasteiger partial charge in [-0.3, -0.25) is 0 Å². The number of rotatable bonds is 18. The SMILES string of the molecule is C=CCNc1nc(NCCOCCOCCN)nc(NCCC(c2ccccc2)c2ccccc2)n1. The Labute approximate surface area is 213 Å². The van der Waals surface area contributed by atoms with E-state index < -0.39 is 0 Å². The van der Waals surface area contributed by atoms with Crippen molar-refractivity contribution in [3.8, 4) is 0 Å². The van der Waals surface area contributed by atoms with Crippen LogP contribution < -0.4 is 21.7 Å². The van der Waals surface area contributed by atoms with Crippen molar-refractivity contribution in [3.05, 3.63) is 84.4 Å². The molecule has 2 aromatic carbocycles. The second-order valence-corrected chi connectivity index (χ2v) is 8.01. The van der Waals surface area contributed by atoms with Gasteiger partial charge in [0.05, 0.1) is 26.4 Å². The fraction of sp³-hybridized carbons (Fsp3) is 0.370. The Morgan fingerprint density at radius 1 is 0.722 bits per heavy atom. The summed E-state index contributed by atoms with van der Waals surface area (Å²) in [5.41, 5.74) is 7.96. The van der Waals surface area contributed by atoms with Crippen LogP contribution in [0.25, 0.3) is 0 Å². The van der Waals surface area contributed by atoms with Gasteiger partial charge in [-0.15, -0.1) is 6.58 Å². The van der Waals surface area contributed by atoms with E-state index >= 15 is 0 Å². The number of hydrogen-bond donors (Lipinski definition) is 4. The molecular weight excluding hydrogens is 454 g/mol. The lowest BCUT2D eigenvalue weighted by Crippen LogP contribution is -2.17. The van der Waals surface area contributed by atoms with E-state index in [1.54, 1.807) is 6.08 Å². The maximum absolute atomic E-state index is 5.56. The monoisotopic (exact) mass is 491 g/mol. The van der Waals surface area contributed by atoms with Gasteiger partial charge in [0.15, 0.2) is 0 Å². The minimum Gasteiger partial charge on any atom is -0.378 e. The fourth-order valence-corrected chi connectivity index (χ4v) is 3.64. The van der Waals surface area contributed by atoms with Gasteiger partial charge < -0.3 is 31.2 Å². The minimum atomic E-state index is 0.267. The highest BCUT2D eigenvalue weighted by molar-refractivity contribution is 5.42. The van der Waals surface area contributed by atoms with Gasteiger partial charge in [-0.05, 0) is 17.5 Å². The summed E-state index contributed by atoms with van der Waals surface area (Å²) in [4.78, 5) is 13.5. The fourth-order valence-electron chi connectivity index (χ4n) is 3.64. The number of hydrogen-bond acceptors (Lipinski definition) is 9. The highest BCUT2D eigenvalue weighted by Crippen LogP contribution is 2.27. The molecule has 5 N–H and O–H groups in total.